The van der Waals surface area contributed by atoms with Gasteiger partial charge in [-0.2, -0.15) is 16.1 Å². The summed E-state index contributed by atoms with van der Waals surface area (Å²) in [5.41, 5.74) is 8.15. The zero-order valence-corrected chi connectivity index (χ0v) is 14.3. The molecule has 0 spiro atoms. The van der Waals surface area contributed by atoms with Crippen LogP contribution in [-0.4, -0.2) is 32.9 Å². The van der Waals surface area contributed by atoms with E-state index in [0.717, 1.165) is 35.1 Å². The van der Waals surface area contributed by atoms with Crippen LogP contribution in [0.1, 0.15) is 19.5 Å². The number of hydrogen-bond acceptors (Lipinski definition) is 7. The fraction of sp³-hybridized carbons (Fsp3) is 0.538. The van der Waals surface area contributed by atoms with Gasteiger partial charge in [0.05, 0.1) is 5.56 Å². The Bertz CT molecular complexity index is 617. The second-order valence-electron chi connectivity index (χ2n) is 5.57. The minimum Gasteiger partial charge on any atom is -0.382 e. The van der Waals surface area contributed by atoms with Crippen molar-refractivity contribution in [2.75, 3.05) is 29.5 Å². The summed E-state index contributed by atoms with van der Waals surface area (Å²) in [4.78, 5) is 6.99. The lowest BCUT2D eigenvalue weighted by Gasteiger charge is -2.38. The number of thiazole rings is 1. The van der Waals surface area contributed by atoms with Gasteiger partial charge in [-0.1, -0.05) is 0 Å². The molecule has 0 aliphatic carbocycles. The summed E-state index contributed by atoms with van der Waals surface area (Å²) in [6, 6.07) is 0. The van der Waals surface area contributed by atoms with Crippen LogP contribution in [0.4, 0.5) is 10.8 Å². The van der Waals surface area contributed by atoms with Gasteiger partial charge in [-0.15, -0.1) is 11.3 Å². The van der Waals surface area contributed by atoms with Crippen LogP contribution in [0.15, 0.2) is 5.38 Å². The molecule has 0 saturated carbocycles. The van der Waals surface area contributed by atoms with Gasteiger partial charge < -0.3 is 10.6 Å². The number of nitrogens with two attached hydrogens (primary N) is 1. The molecular weight excluding hydrogens is 308 g/mol. The highest BCUT2D eigenvalue weighted by Crippen LogP contribution is 2.43. The number of rotatable bonds is 2. The molecule has 3 heterocycles. The van der Waals surface area contributed by atoms with E-state index in [0.29, 0.717) is 5.82 Å². The Morgan fingerprint density at radius 1 is 1.40 bits per heavy atom. The monoisotopic (exact) mass is 326 g/mol. The van der Waals surface area contributed by atoms with E-state index in [2.05, 4.69) is 33.5 Å². The van der Waals surface area contributed by atoms with E-state index in [1.807, 2.05) is 18.7 Å². The Morgan fingerprint density at radius 3 is 2.85 bits per heavy atom. The highest BCUT2D eigenvalue weighted by atomic mass is 32.2. The molecule has 0 radical (unpaired) electrons. The van der Waals surface area contributed by atoms with Crippen LogP contribution in [0.3, 0.4) is 0 Å². The zero-order chi connectivity index (χ0) is 14.3. The second kappa shape index (κ2) is 5.20. The van der Waals surface area contributed by atoms with E-state index in [-0.39, 0.29) is 4.75 Å². The van der Waals surface area contributed by atoms with E-state index in [1.54, 1.807) is 11.3 Å². The van der Waals surface area contributed by atoms with E-state index in [9.17, 15) is 0 Å². The average molecular weight is 327 g/mol. The quantitative estimate of drug-likeness (QED) is 0.915. The summed E-state index contributed by atoms with van der Waals surface area (Å²) in [5.74, 6) is 1.75. The molecule has 108 valence electrons. The molecule has 0 amide bonds. The van der Waals surface area contributed by atoms with Crippen molar-refractivity contribution in [1.82, 2.24) is 9.36 Å². The minimum atomic E-state index is 0.271. The van der Waals surface area contributed by atoms with Gasteiger partial charge in [-0.05, 0) is 32.3 Å². The first-order valence-electron chi connectivity index (χ1n) is 6.53. The fourth-order valence-electron chi connectivity index (χ4n) is 2.37. The first-order valence-corrected chi connectivity index (χ1v) is 9.17. The van der Waals surface area contributed by atoms with Crippen LogP contribution in [0, 0.1) is 6.92 Å². The summed E-state index contributed by atoms with van der Waals surface area (Å²) < 4.78 is 4.63. The minimum absolute atomic E-state index is 0.271. The molecular formula is C13H18N4S3. The van der Waals surface area contributed by atoms with Crippen molar-refractivity contribution in [3.63, 3.8) is 0 Å². The van der Waals surface area contributed by atoms with E-state index >= 15 is 0 Å². The average Bonchev–Trinajstić information content (AvgIpc) is 2.94. The van der Waals surface area contributed by atoms with Crippen LogP contribution in [0.25, 0.3) is 10.6 Å². The molecule has 0 aromatic carbocycles. The van der Waals surface area contributed by atoms with Gasteiger partial charge in [0, 0.05) is 34.7 Å². The maximum Gasteiger partial charge on any atom is 0.149 e. The molecule has 1 aliphatic heterocycles. The molecule has 3 rings (SSSR count). The zero-order valence-electron chi connectivity index (χ0n) is 11.8. The normalized spacial score (nSPS) is 18.4. The molecule has 4 nitrogen and oxygen atoms in total. The predicted octanol–water partition coefficient (Wildman–Crippen LogP) is 3.49. The second-order valence-corrected chi connectivity index (χ2v) is 8.98. The van der Waals surface area contributed by atoms with Crippen molar-refractivity contribution in [1.29, 1.82) is 0 Å². The maximum atomic E-state index is 6.09. The Labute approximate surface area is 131 Å². The van der Waals surface area contributed by atoms with Gasteiger partial charge >= 0.3 is 0 Å². The van der Waals surface area contributed by atoms with Gasteiger partial charge in [-0.25, -0.2) is 4.98 Å². The van der Waals surface area contributed by atoms with Crippen LogP contribution >= 0.6 is 34.6 Å². The Hall–Kier alpha value is -0.790. The number of hydrogen-bond donors (Lipinski definition) is 1. The molecule has 0 unspecified atom stereocenters. The van der Waals surface area contributed by atoms with E-state index < -0.39 is 0 Å². The third-order valence-corrected chi connectivity index (χ3v) is 6.44. The number of aryl methyl sites for hydroxylation is 1. The molecule has 1 saturated heterocycles. The SMILES string of the molecule is Cc1csc(-c2c(N)nsc2N2CCSC(C)(C)C2)n1. The largest absolute Gasteiger partial charge is 0.382 e. The van der Waals surface area contributed by atoms with Gasteiger partial charge in [0.15, 0.2) is 0 Å². The number of thioether (sulfide) groups is 1. The van der Waals surface area contributed by atoms with Crippen molar-refractivity contribution in [3.05, 3.63) is 11.1 Å². The summed E-state index contributed by atoms with van der Waals surface area (Å²) >= 11 is 5.17. The number of nitrogens with zero attached hydrogens (tertiary/aromatic N) is 3. The first-order chi connectivity index (χ1) is 9.46. The molecule has 0 atom stereocenters. The third-order valence-electron chi connectivity index (χ3n) is 3.25. The first kappa shape index (κ1) is 14.2. The number of nitrogen functional groups attached to an aromatic ring is 1. The molecule has 2 aromatic heterocycles. The molecule has 7 heteroatoms. The molecule has 1 fully saturated rings. The van der Waals surface area contributed by atoms with Crippen molar-refractivity contribution < 1.29 is 0 Å². The maximum absolute atomic E-state index is 6.09. The van der Waals surface area contributed by atoms with Gasteiger partial charge in [0.2, 0.25) is 0 Å². The predicted molar refractivity (Wildman–Crippen MR) is 91.1 cm³/mol. The van der Waals surface area contributed by atoms with E-state index in [1.165, 1.54) is 16.5 Å². The number of anilines is 2. The molecule has 20 heavy (non-hydrogen) atoms. The number of aromatic nitrogens is 2. The van der Waals surface area contributed by atoms with Gasteiger partial charge in [0.25, 0.3) is 0 Å². The van der Waals surface area contributed by atoms with Crippen molar-refractivity contribution >= 4 is 45.5 Å². The lowest BCUT2D eigenvalue weighted by molar-refractivity contribution is 0.651. The summed E-state index contributed by atoms with van der Waals surface area (Å²) in [6.45, 7) is 8.67. The lowest BCUT2D eigenvalue weighted by atomic mass is 10.2. The van der Waals surface area contributed by atoms with Crippen LogP contribution in [0.5, 0.6) is 0 Å². The van der Waals surface area contributed by atoms with Crippen molar-refractivity contribution in [2.24, 2.45) is 0 Å². The third kappa shape index (κ3) is 2.66. The fourth-order valence-corrected chi connectivity index (χ4v) is 5.24. The molecule has 0 bridgehead atoms. The smallest absolute Gasteiger partial charge is 0.149 e. The highest BCUT2D eigenvalue weighted by molar-refractivity contribution is 8.00. The van der Waals surface area contributed by atoms with Gasteiger partial charge in [-0.3, -0.25) is 0 Å². The van der Waals surface area contributed by atoms with Crippen LogP contribution in [-0.2, 0) is 0 Å². The molecule has 2 N–H and O–H groups in total. The highest BCUT2D eigenvalue weighted by Gasteiger charge is 2.30. The Morgan fingerprint density at radius 2 is 2.20 bits per heavy atom. The topological polar surface area (TPSA) is 55.0 Å². The van der Waals surface area contributed by atoms with Crippen LogP contribution in [0.2, 0.25) is 0 Å². The standard InChI is InChI=1S/C13H18N4S3/c1-8-6-18-11(15-8)9-10(14)16-20-12(9)17-4-5-19-13(2,3)7-17/h6H,4-5,7H2,1-3H3,(H2,14,16). The Kier molecular flexibility index (Phi) is 3.68. The molecule has 2 aromatic rings. The van der Waals surface area contributed by atoms with Gasteiger partial charge in [0.1, 0.15) is 15.8 Å². The summed E-state index contributed by atoms with van der Waals surface area (Å²) in [6.07, 6.45) is 0. The summed E-state index contributed by atoms with van der Waals surface area (Å²) in [5, 5.41) is 4.22. The van der Waals surface area contributed by atoms with Crippen molar-refractivity contribution in [3.8, 4) is 10.6 Å². The van der Waals surface area contributed by atoms with Crippen molar-refractivity contribution in [2.45, 2.75) is 25.5 Å². The summed E-state index contributed by atoms with van der Waals surface area (Å²) in [7, 11) is 0. The Balaban J connectivity index is 1.98. The van der Waals surface area contributed by atoms with Crippen LogP contribution < -0.4 is 10.6 Å². The lowest BCUT2D eigenvalue weighted by Crippen LogP contribution is -2.43. The molecule has 1 aliphatic rings. The van der Waals surface area contributed by atoms with E-state index in [4.69, 9.17) is 5.73 Å².